The van der Waals surface area contributed by atoms with Crippen LogP contribution in [0, 0.1) is 11.8 Å². The number of carbonyl (C=O) groups is 2. The van der Waals surface area contributed by atoms with Gasteiger partial charge < -0.3 is 9.84 Å². The van der Waals surface area contributed by atoms with E-state index in [1.807, 2.05) is 13.8 Å². The second kappa shape index (κ2) is 5.49. The monoisotopic (exact) mass is 243 g/mol. The van der Waals surface area contributed by atoms with E-state index in [0.717, 1.165) is 4.90 Å². The van der Waals surface area contributed by atoms with Crippen molar-refractivity contribution in [1.82, 2.24) is 4.90 Å². The molecule has 0 radical (unpaired) electrons. The number of hydrogen-bond acceptors (Lipinski definition) is 4. The number of cyclic esters (lactones) is 1. The summed E-state index contributed by atoms with van der Waals surface area (Å²) in [6, 6.07) is -0.221. The SMILES string of the molecule is CC[C@@H](O)[C@@H](C)C(=O)N1C(=O)OCC1C(C)C. The molecule has 0 aromatic heterocycles. The van der Waals surface area contributed by atoms with Crippen molar-refractivity contribution in [3.63, 3.8) is 0 Å². The average molecular weight is 243 g/mol. The molecule has 0 spiro atoms. The van der Waals surface area contributed by atoms with Crippen molar-refractivity contribution >= 4 is 12.0 Å². The van der Waals surface area contributed by atoms with Crippen molar-refractivity contribution in [3.05, 3.63) is 0 Å². The number of imide groups is 1. The normalized spacial score (nSPS) is 23.8. The first-order valence-corrected chi connectivity index (χ1v) is 6.08. The number of amides is 2. The predicted molar refractivity (Wildman–Crippen MR) is 62.3 cm³/mol. The fourth-order valence-corrected chi connectivity index (χ4v) is 1.92. The summed E-state index contributed by atoms with van der Waals surface area (Å²) < 4.78 is 4.91. The Morgan fingerprint density at radius 1 is 1.53 bits per heavy atom. The molecule has 17 heavy (non-hydrogen) atoms. The lowest BCUT2D eigenvalue weighted by atomic mass is 9.98. The van der Waals surface area contributed by atoms with Gasteiger partial charge in [0.2, 0.25) is 5.91 Å². The molecule has 3 atom stereocenters. The van der Waals surface area contributed by atoms with Crippen molar-refractivity contribution in [2.75, 3.05) is 6.61 Å². The number of aliphatic hydroxyl groups is 1. The average Bonchev–Trinajstić information content (AvgIpc) is 2.68. The molecule has 1 aliphatic rings. The van der Waals surface area contributed by atoms with Gasteiger partial charge in [0.25, 0.3) is 0 Å². The highest BCUT2D eigenvalue weighted by molar-refractivity contribution is 5.94. The maximum absolute atomic E-state index is 12.1. The summed E-state index contributed by atoms with van der Waals surface area (Å²) in [6.07, 6.45) is -0.824. The van der Waals surface area contributed by atoms with Crippen LogP contribution in [-0.2, 0) is 9.53 Å². The molecular formula is C12H21NO4. The van der Waals surface area contributed by atoms with Gasteiger partial charge in [-0.25, -0.2) is 9.69 Å². The van der Waals surface area contributed by atoms with Crippen LogP contribution in [0.15, 0.2) is 0 Å². The van der Waals surface area contributed by atoms with Crippen LogP contribution in [-0.4, -0.2) is 40.8 Å². The lowest BCUT2D eigenvalue weighted by Crippen LogP contribution is -2.46. The molecule has 1 fully saturated rings. The maximum Gasteiger partial charge on any atom is 0.416 e. The van der Waals surface area contributed by atoms with Crippen LogP contribution in [0.5, 0.6) is 0 Å². The van der Waals surface area contributed by atoms with E-state index >= 15 is 0 Å². The van der Waals surface area contributed by atoms with Gasteiger partial charge >= 0.3 is 6.09 Å². The number of ether oxygens (including phenoxy) is 1. The van der Waals surface area contributed by atoms with E-state index in [2.05, 4.69) is 0 Å². The Balaban J connectivity index is 2.82. The summed E-state index contributed by atoms with van der Waals surface area (Å²) in [5, 5.41) is 9.67. The van der Waals surface area contributed by atoms with E-state index in [0.29, 0.717) is 6.42 Å². The Morgan fingerprint density at radius 2 is 2.12 bits per heavy atom. The predicted octanol–water partition coefficient (Wildman–Crippen LogP) is 1.40. The highest BCUT2D eigenvalue weighted by Crippen LogP contribution is 2.23. The quantitative estimate of drug-likeness (QED) is 0.810. The van der Waals surface area contributed by atoms with Gasteiger partial charge in [0, 0.05) is 0 Å². The van der Waals surface area contributed by atoms with Gasteiger partial charge in [0.15, 0.2) is 0 Å². The van der Waals surface area contributed by atoms with Gasteiger partial charge in [-0.1, -0.05) is 27.7 Å². The molecule has 5 nitrogen and oxygen atoms in total. The molecule has 1 rings (SSSR count). The topological polar surface area (TPSA) is 66.8 Å². The minimum atomic E-state index is -0.719. The van der Waals surface area contributed by atoms with Gasteiger partial charge in [-0.2, -0.15) is 0 Å². The molecule has 1 heterocycles. The number of rotatable bonds is 4. The van der Waals surface area contributed by atoms with Crippen LogP contribution in [0.4, 0.5) is 4.79 Å². The fourth-order valence-electron chi connectivity index (χ4n) is 1.92. The molecule has 1 unspecified atom stereocenters. The lowest BCUT2D eigenvalue weighted by Gasteiger charge is -2.26. The first-order chi connectivity index (χ1) is 7.90. The number of nitrogens with zero attached hydrogens (tertiary/aromatic N) is 1. The molecule has 0 aromatic carbocycles. The van der Waals surface area contributed by atoms with Crippen molar-refractivity contribution < 1.29 is 19.4 Å². The van der Waals surface area contributed by atoms with Crippen molar-refractivity contribution in [3.8, 4) is 0 Å². The molecule has 1 aliphatic heterocycles. The zero-order chi connectivity index (χ0) is 13.2. The smallest absolute Gasteiger partial charge is 0.416 e. The molecule has 0 saturated carbocycles. The zero-order valence-electron chi connectivity index (χ0n) is 10.8. The molecule has 1 saturated heterocycles. The summed E-state index contributed by atoms with van der Waals surface area (Å²) in [5.41, 5.74) is 0. The first-order valence-electron chi connectivity index (χ1n) is 6.08. The van der Waals surface area contributed by atoms with E-state index in [-0.39, 0.29) is 24.5 Å². The third kappa shape index (κ3) is 2.77. The molecule has 98 valence electrons. The third-order valence-electron chi connectivity index (χ3n) is 3.30. The minimum absolute atomic E-state index is 0.149. The van der Waals surface area contributed by atoms with Crippen LogP contribution in [0.1, 0.15) is 34.1 Å². The maximum atomic E-state index is 12.1. The largest absolute Gasteiger partial charge is 0.447 e. The fraction of sp³-hybridized carbons (Fsp3) is 0.833. The lowest BCUT2D eigenvalue weighted by molar-refractivity contribution is -0.137. The summed E-state index contributed by atoms with van der Waals surface area (Å²) in [4.78, 5) is 24.8. The summed E-state index contributed by atoms with van der Waals surface area (Å²) in [7, 11) is 0. The van der Waals surface area contributed by atoms with Crippen molar-refractivity contribution in [1.29, 1.82) is 0 Å². The van der Waals surface area contributed by atoms with Gasteiger partial charge in [0.05, 0.1) is 18.1 Å². The third-order valence-corrected chi connectivity index (χ3v) is 3.30. The number of aliphatic hydroxyl groups excluding tert-OH is 1. The van der Waals surface area contributed by atoms with E-state index in [1.54, 1.807) is 13.8 Å². The van der Waals surface area contributed by atoms with Crippen LogP contribution in [0.25, 0.3) is 0 Å². The molecule has 5 heteroatoms. The molecule has 2 amide bonds. The van der Waals surface area contributed by atoms with Crippen LogP contribution >= 0.6 is 0 Å². The molecule has 0 aliphatic carbocycles. The first kappa shape index (κ1) is 14.0. The van der Waals surface area contributed by atoms with E-state index in [1.165, 1.54) is 0 Å². The Hall–Kier alpha value is -1.10. The van der Waals surface area contributed by atoms with Crippen LogP contribution < -0.4 is 0 Å². The summed E-state index contributed by atoms with van der Waals surface area (Å²) in [6.45, 7) is 7.56. The Labute approximate surface area is 102 Å². The number of carbonyl (C=O) groups excluding carboxylic acids is 2. The Morgan fingerprint density at radius 3 is 2.59 bits per heavy atom. The highest BCUT2D eigenvalue weighted by Gasteiger charge is 2.42. The van der Waals surface area contributed by atoms with Gasteiger partial charge in [-0.3, -0.25) is 4.79 Å². The van der Waals surface area contributed by atoms with Crippen LogP contribution in [0.3, 0.4) is 0 Å². The Bertz CT molecular complexity index is 303. The molecule has 0 bridgehead atoms. The van der Waals surface area contributed by atoms with Gasteiger partial charge in [-0.15, -0.1) is 0 Å². The summed E-state index contributed by atoms with van der Waals surface area (Å²) >= 11 is 0. The van der Waals surface area contributed by atoms with Gasteiger partial charge in [0.1, 0.15) is 6.61 Å². The Kier molecular flexibility index (Phi) is 4.51. The highest BCUT2D eigenvalue weighted by atomic mass is 16.6. The minimum Gasteiger partial charge on any atom is -0.447 e. The second-order valence-electron chi connectivity index (χ2n) is 4.86. The van der Waals surface area contributed by atoms with E-state index in [9.17, 15) is 14.7 Å². The zero-order valence-corrected chi connectivity index (χ0v) is 10.8. The molecular weight excluding hydrogens is 222 g/mol. The molecule has 1 N–H and O–H groups in total. The van der Waals surface area contributed by atoms with Crippen LogP contribution in [0.2, 0.25) is 0 Å². The van der Waals surface area contributed by atoms with E-state index in [4.69, 9.17) is 4.74 Å². The van der Waals surface area contributed by atoms with Crippen molar-refractivity contribution in [2.45, 2.75) is 46.3 Å². The second-order valence-corrected chi connectivity index (χ2v) is 4.86. The number of hydrogen-bond donors (Lipinski definition) is 1. The van der Waals surface area contributed by atoms with E-state index < -0.39 is 18.1 Å². The van der Waals surface area contributed by atoms with Gasteiger partial charge in [-0.05, 0) is 12.3 Å². The standard InChI is InChI=1S/C12H21NO4/c1-5-10(14)8(4)11(15)13-9(7(2)3)6-17-12(13)16/h7-10,14H,5-6H2,1-4H3/t8-,9?,10-/m1/s1. The summed E-state index contributed by atoms with van der Waals surface area (Å²) in [5.74, 6) is -0.774. The van der Waals surface area contributed by atoms with Crippen molar-refractivity contribution in [2.24, 2.45) is 11.8 Å². The molecule has 0 aromatic rings.